The maximum atomic E-state index is 14.8. The largest absolute Gasteiger partial charge is 0.444 e. The number of aryl methyl sites for hydroxylation is 2. The highest BCUT2D eigenvalue weighted by Crippen LogP contribution is 2.38. The van der Waals surface area contributed by atoms with E-state index in [9.17, 15) is 18.8 Å². The van der Waals surface area contributed by atoms with Crippen molar-refractivity contribution < 1.29 is 28.2 Å². The van der Waals surface area contributed by atoms with E-state index in [1.807, 2.05) is 50.2 Å². The zero-order valence-corrected chi connectivity index (χ0v) is 31.9. The van der Waals surface area contributed by atoms with Crippen LogP contribution in [-0.2, 0) is 25.5 Å². The normalized spacial score (nSPS) is 18.0. The third-order valence-electron chi connectivity index (χ3n) is 8.58. The molecular formula is C40H53FN4O5S. The molecule has 1 aliphatic rings. The number of fused-ring (bicyclic) bond motifs is 1. The lowest BCUT2D eigenvalue weighted by Gasteiger charge is -2.32. The van der Waals surface area contributed by atoms with Crippen LogP contribution < -0.4 is 16.0 Å². The molecule has 0 radical (unpaired) electrons. The summed E-state index contributed by atoms with van der Waals surface area (Å²) in [5.74, 6) is -0.789. The van der Waals surface area contributed by atoms with E-state index in [1.54, 1.807) is 42.7 Å². The smallest absolute Gasteiger partial charge is 0.411 e. The van der Waals surface area contributed by atoms with E-state index in [-0.39, 0.29) is 31.4 Å². The molecule has 3 aromatic carbocycles. The predicted octanol–water partition coefficient (Wildman–Crippen LogP) is 7.71. The first-order valence-electron chi connectivity index (χ1n) is 17.1. The third kappa shape index (κ3) is 11.6. The van der Waals surface area contributed by atoms with Gasteiger partial charge in [0.2, 0.25) is 11.8 Å². The highest BCUT2D eigenvalue weighted by molar-refractivity contribution is 8.32. The van der Waals surface area contributed by atoms with E-state index in [2.05, 4.69) is 24.1 Å². The summed E-state index contributed by atoms with van der Waals surface area (Å²) in [5.41, 5.74) is 10.6. The fourth-order valence-corrected chi connectivity index (χ4v) is 6.64. The minimum atomic E-state index is -0.824. The van der Waals surface area contributed by atoms with E-state index in [1.165, 1.54) is 24.5 Å². The van der Waals surface area contributed by atoms with Crippen molar-refractivity contribution in [1.82, 2.24) is 10.2 Å². The Balaban J connectivity index is 1.89. The number of anilines is 2. The number of benzene rings is 3. The Labute approximate surface area is 303 Å². The molecule has 1 heterocycles. The van der Waals surface area contributed by atoms with E-state index in [0.717, 1.165) is 28.0 Å². The van der Waals surface area contributed by atoms with Crippen LogP contribution in [0, 0.1) is 19.7 Å². The molecule has 2 atom stereocenters. The minimum absolute atomic E-state index is 0.0278. The fraction of sp³-hybridized carbons (Fsp3) is 0.425. The molecule has 0 saturated carbocycles. The average molecular weight is 721 g/mol. The molecule has 276 valence electrons. The summed E-state index contributed by atoms with van der Waals surface area (Å²) in [7, 11) is -0.824. The summed E-state index contributed by atoms with van der Waals surface area (Å²) < 4.78 is 26.4. The maximum Gasteiger partial charge on any atom is 0.411 e. The van der Waals surface area contributed by atoms with Crippen LogP contribution in [0.15, 0.2) is 73.1 Å². The van der Waals surface area contributed by atoms with E-state index in [0.29, 0.717) is 30.0 Å². The van der Waals surface area contributed by atoms with Gasteiger partial charge in [-0.25, -0.2) is 19.2 Å². The SMILES string of the molecule is Cc1ccc2c(c1)N(COCCS(C)(C)C)C(=O)C[C@@H](c1cc(F)ccc1C)CC(=O)N(/C=C/NC(=O)OC(C)(C)C)C(c1cccc(N)c1)C2. The van der Waals surface area contributed by atoms with Crippen LogP contribution in [0.1, 0.15) is 73.4 Å². The lowest BCUT2D eigenvalue weighted by atomic mass is 9.88. The first-order chi connectivity index (χ1) is 23.9. The Morgan fingerprint density at radius 1 is 1.00 bits per heavy atom. The lowest BCUT2D eigenvalue weighted by molar-refractivity contribution is -0.131. The van der Waals surface area contributed by atoms with Gasteiger partial charge < -0.3 is 20.1 Å². The van der Waals surface area contributed by atoms with Gasteiger partial charge in [0, 0.05) is 48.3 Å². The highest BCUT2D eigenvalue weighted by atomic mass is 32.3. The van der Waals surface area contributed by atoms with Gasteiger partial charge >= 0.3 is 6.09 Å². The molecular weight excluding hydrogens is 668 g/mol. The number of carbonyl (C=O) groups is 3. The van der Waals surface area contributed by atoms with Crippen LogP contribution in [0.3, 0.4) is 0 Å². The van der Waals surface area contributed by atoms with Crippen molar-refractivity contribution in [3.63, 3.8) is 0 Å². The third-order valence-corrected chi connectivity index (χ3v) is 9.98. The molecule has 3 aromatic rings. The Morgan fingerprint density at radius 3 is 2.41 bits per heavy atom. The number of hydrogen-bond acceptors (Lipinski definition) is 6. The van der Waals surface area contributed by atoms with Crippen LogP contribution in [0.4, 0.5) is 20.6 Å². The molecule has 0 aliphatic carbocycles. The van der Waals surface area contributed by atoms with Crippen LogP contribution >= 0.6 is 10.0 Å². The number of ether oxygens (including phenoxy) is 2. The minimum Gasteiger partial charge on any atom is -0.444 e. The second-order valence-electron chi connectivity index (χ2n) is 15.0. The standard InChI is InChI=1S/C40H53FN4O5S/c1-27-12-14-30-22-36(29-10-9-11-33(42)21-29)44(17-16-43-39(48)50-40(3,4)5)37(46)23-31(34-25-32(41)15-13-28(34)2)24-38(47)45(35(30)20-27)26-49-18-19-51(6,7)8/h9-17,20-21,25,31,36H,18-19,22-24,26,42H2,1-8H3,(H,43,48)/b17-16+/t31-,36?/m0/s1. The second kappa shape index (κ2) is 16.8. The molecule has 51 heavy (non-hydrogen) atoms. The molecule has 3 N–H and O–H groups in total. The molecule has 9 nitrogen and oxygen atoms in total. The molecule has 0 bridgehead atoms. The average Bonchev–Trinajstić information content (AvgIpc) is 3.03. The molecule has 11 heteroatoms. The molecule has 0 saturated heterocycles. The Kier molecular flexibility index (Phi) is 13.0. The number of rotatable bonds is 9. The van der Waals surface area contributed by atoms with Crippen molar-refractivity contribution in [1.29, 1.82) is 0 Å². The number of amides is 3. The second-order valence-corrected chi connectivity index (χ2v) is 19.6. The van der Waals surface area contributed by atoms with E-state index in [4.69, 9.17) is 15.2 Å². The Bertz CT molecular complexity index is 1750. The molecule has 3 amide bonds. The van der Waals surface area contributed by atoms with Crippen molar-refractivity contribution in [2.24, 2.45) is 0 Å². The van der Waals surface area contributed by atoms with Crippen molar-refractivity contribution in [3.8, 4) is 0 Å². The topological polar surface area (TPSA) is 114 Å². The molecule has 1 unspecified atom stereocenters. The molecule has 0 aromatic heterocycles. The highest BCUT2D eigenvalue weighted by Gasteiger charge is 2.33. The number of nitrogens with two attached hydrogens (primary N) is 1. The summed E-state index contributed by atoms with van der Waals surface area (Å²) in [6.45, 7) is 9.62. The number of carbonyl (C=O) groups excluding carboxylic acids is 3. The van der Waals surface area contributed by atoms with Gasteiger partial charge in [0.25, 0.3) is 0 Å². The van der Waals surface area contributed by atoms with E-state index >= 15 is 0 Å². The maximum absolute atomic E-state index is 14.8. The van der Waals surface area contributed by atoms with Gasteiger partial charge in [-0.05, 0) is 118 Å². The quantitative estimate of drug-likeness (QED) is 0.173. The van der Waals surface area contributed by atoms with Gasteiger partial charge in [-0.2, -0.15) is 0 Å². The zero-order chi connectivity index (χ0) is 37.5. The lowest BCUT2D eigenvalue weighted by Crippen LogP contribution is -2.35. The Morgan fingerprint density at radius 2 is 1.73 bits per heavy atom. The van der Waals surface area contributed by atoms with Crippen molar-refractivity contribution in [2.75, 3.05) is 48.5 Å². The van der Waals surface area contributed by atoms with Crippen LogP contribution in [0.25, 0.3) is 0 Å². The van der Waals surface area contributed by atoms with Crippen molar-refractivity contribution in [3.05, 3.63) is 107 Å². The summed E-state index contributed by atoms with van der Waals surface area (Å²) in [6, 6.07) is 17.1. The van der Waals surface area contributed by atoms with Gasteiger partial charge in [0.15, 0.2) is 0 Å². The number of hydrogen-bond donors (Lipinski definition) is 2. The summed E-state index contributed by atoms with van der Waals surface area (Å²) in [6.07, 6.45) is 9.03. The predicted molar refractivity (Wildman–Crippen MR) is 205 cm³/mol. The molecule has 0 spiro atoms. The number of nitrogens with one attached hydrogen (secondary N) is 1. The van der Waals surface area contributed by atoms with Gasteiger partial charge in [-0.3, -0.25) is 19.8 Å². The molecule has 1 aliphatic heterocycles. The van der Waals surface area contributed by atoms with Crippen molar-refractivity contribution >= 4 is 39.3 Å². The van der Waals surface area contributed by atoms with Crippen LogP contribution in [-0.4, -0.2) is 66.3 Å². The van der Waals surface area contributed by atoms with E-state index < -0.39 is 39.5 Å². The number of halogens is 1. The number of alkyl carbamates (subject to hydrolysis) is 1. The van der Waals surface area contributed by atoms with Gasteiger partial charge in [0.05, 0.1) is 12.6 Å². The van der Waals surface area contributed by atoms with Crippen molar-refractivity contribution in [2.45, 2.75) is 71.4 Å². The van der Waals surface area contributed by atoms with Gasteiger partial charge in [-0.15, -0.1) is 0 Å². The zero-order valence-electron chi connectivity index (χ0n) is 31.1. The first kappa shape index (κ1) is 39.4. The van der Waals surface area contributed by atoms with Crippen LogP contribution in [0.5, 0.6) is 0 Å². The van der Waals surface area contributed by atoms with Gasteiger partial charge in [-0.1, -0.05) is 30.3 Å². The molecule has 0 fully saturated rings. The summed E-state index contributed by atoms with van der Waals surface area (Å²) in [4.78, 5) is 44.9. The van der Waals surface area contributed by atoms with Crippen LogP contribution in [0.2, 0.25) is 0 Å². The molecule has 4 rings (SSSR count). The first-order valence-corrected chi connectivity index (χ1v) is 20.2. The number of nitrogen functional groups attached to an aromatic ring is 1. The summed E-state index contributed by atoms with van der Waals surface area (Å²) in [5, 5.41) is 2.62. The Hall–Kier alpha value is -4.35. The summed E-state index contributed by atoms with van der Waals surface area (Å²) >= 11 is 0. The number of nitrogens with zero attached hydrogens (tertiary/aromatic N) is 2. The monoisotopic (exact) mass is 720 g/mol. The fourth-order valence-electron chi connectivity index (χ4n) is 6.02. The van der Waals surface area contributed by atoms with Gasteiger partial charge in [0.1, 0.15) is 18.1 Å².